The molecule has 0 saturated carbocycles. The van der Waals surface area contributed by atoms with Crippen molar-refractivity contribution in [2.24, 2.45) is 0 Å². The van der Waals surface area contributed by atoms with Crippen molar-refractivity contribution in [1.82, 2.24) is 10.3 Å². The van der Waals surface area contributed by atoms with Crippen LogP contribution in [0.4, 0.5) is 5.69 Å². The summed E-state index contributed by atoms with van der Waals surface area (Å²) in [6.07, 6.45) is -0.900. The number of nitrogens with one attached hydrogen (secondary N) is 1. The van der Waals surface area contributed by atoms with Crippen molar-refractivity contribution < 1.29 is 24.7 Å². The Bertz CT molecular complexity index is 550. The first-order valence-electron chi connectivity index (χ1n) is 5.32. The lowest BCUT2D eigenvalue weighted by Gasteiger charge is -2.08. The molecule has 0 aliphatic rings. The highest BCUT2D eigenvalue weighted by atomic mass is 35.5. The lowest BCUT2D eigenvalue weighted by atomic mass is 10.2. The molecule has 20 heavy (non-hydrogen) atoms. The number of aliphatic hydroxyl groups is 1. The van der Waals surface area contributed by atoms with E-state index in [0.717, 1.165) is 12.3 Å². The molecular weight excluding hydrogens is 294 g/mol. The zero-order chi connectivity index (χ0) is 15.3. The molecule has 0 aromatic carbocycles. The summed E-state index contributed by atoms with van der Waals surface area (Å²) in [5, 5.41) is 30.1. The zero-order valence-electron chi connectivity index (χ0n) is 9.95. The number of hydrogen-bond acceptors (Lipinski definition) is 6. The smallest absolute Gasteiger partial charge is 0.332 e. The minimum Gasteiger partial charge on any atom is -0.479 e. The van der Waals surface area contributed by atoms with E-state index >= 15 is 0 Å². The summed E-state index contributed by atoms with van der Waals surface area (Å²) in [4.78, 5) is 35.4. The van der Waals surface area contributed by atoms with Gasteiger partial charge in [-0.3, -0.25) is 14.9 Å². The van der Waals surface area contributed by atoms with Crippen LogP contribution in [0.1, 0.15) is 16.8 Å². The number of hydrogen-bond donors (Lipinski definition) is 3. The first kappa shape index (κ1) is 15.8. The normalized spacial score (nSPS) is 11.7. The van der Waals surface area contributed by atoms with Crippen LogP contribution in [0.15, 0.2) is 12.3 Å². The molecule has 0 aliphatic carbocycles. The van der Waals surface area contributed by atoms with Crippen LogP contribution in [0.5, 0.6) is 0 Å². The number of aliphatic hydroxyl groups excluding tert-OH is 1. The molecular formula is C10H10ClN3O6. The van der Waals surface area contributed by atoms with Crippen LogP contribution in [0.2, 0.25) is 5.15 Å². The van der Waals surface area contributed by atoms with Crippen LogP contribution in [0.25, 0.3) is 0 Å². The van der Waals surface area contributed by atoms with Gasteiger partial charge in [-0.2, -0.15) is 0 Å². The van der Waals surface area contributed by atoms with Gasteiger partial charge in [0.25, 0.3) is 11.6 Å². The molecule has 1 rings (SSSR count). The van der Waals surface area contributed by atoms with Gasteiger partial charge >= 0.3 is 5.97 Å². The minimum absolute atomic E-state index is 0.134. The molecule has 0 radical (unpaired) electrons. The molecule has 1 heterocycles. The van der Waals surface area contributed by atoms with E-state index in [2.05, 4.69) is 10.3 Å². The number of carboxylic acid groups (broad SMARTS) is 1. The summed E-state index contributed by atoms with van der Waals surface area (Å²) in [5.41, 5.74) is -0.601. The standard InChI is InChI=1S/C10H10ClN3O6/c11-8-6(3-5(4-13-8)14(19)20)9(16)12-2-1-7(15)10(17)18/h3-4,7,15H,1-2H2,(H,12,16)(H,17,18)/t7-/m0/s1. The molecule has 0 saturated heterocycles. The Morgan fingerprint density at radius 2 is 2.20 bits per heavy atom. The zero-order valence-corrected chi connectivity index (χ0v) is 10.7. The van der Waals surface area contributed by atoms with Gasteiger partial charge in [0, 0.05) is 19.0 Å². The summed E-state index contributed by atoms with van der Waals surface area (Å²) in [6.45, 7) is -0.134. The third kappa shape index (κ3) is 4.14. The number of nitro groups is 1. The Hall–Kier alpha value is -2.26. The van der Waals surface area contributed by atoms with E-state index in [-0.39, 0.29) is 23.7 Å². The summed E-state index contributed by atoms with van der Waals surface area (Å²) >= 11 is 5.65. The lowest BCUT2D eigenvalue weighted by molar-refractivity contribution is -0.385. The number of aliphatic carboxylic acids is 1. The molecule has 0 fully saturated rings. The quantitative estimate of drug-likeness (QED) is 0.387. The number of carboxylic acids is 1. The van der Waals surface area contributed by atoms with Gasteiger partial charge < -0.3 is 15.5 Å². The summed E-state index contributed by atoms with van der Waals surface area (Å²) in [7, 11) is 0. The maximum Gasteiger partial charge on any atom is 0.332 e. The number of nitrogens with zero attached hydrogens (tertiary/aromatic N) is 2. The fourth-order valence-corrected chi connectivity index (χ4v) is 1.43. The fourth-order valence-electron chi connectivity index (χ4n) is 1.24. The molecule has 1 aromatic rings. The lowest BCUT2D eigenvalue weighted by Crippen LogP contribution is -2.30. The molecule has 0 spiro atoms. The molecule has 9 nitrogen and oxygen atoms in total. The van der Waals surface area contributed by atoms with Crippen LogP contribution in [0, 0.1) is 10.1 Å². The second-order valence-electron chi connectivity index (χ2n) is 3.69. The highest BCUT2D eigenvalue weighted by molar-refractivity contribution is 6.32. The Morgan fingerprint density at radius 1 is 1.55 bits per heavy atom. The maximum absolute atomic E-state index is 11.7. The second kappa shape index (κ2) is 6.78. The molecule has 0 aliphatic heterocycles. The Labute approximate surface area is 117 Å². The van der Waals surface area contributed by atoms with E-state index < -0.39 is 28.6 Å². The number of carbonyl (C=O) groups excluding carboxylic acids is 1. The Kier molecular flexibility index (Phi) is 5.35. The van der Waals surface area contributed by atoms with Gasteiger partial charge in [-0.05, 0) is 0 Å². The van der Waals surface area contributed by atoms with Crippen molar-refractivity contribution in [2.45, 2.75) is 12.5 Å². The monoisotopic (exact) mass is 303 g/mol. The van der Waals surface area contributed by atoms with Crippen LogP contribution >= 0.6 is 11.6 Å². The van der Waals surface area contributed by atoms with Gasteiger partial charge in [0.2, 0.25) is 0 Å². The highest BCUT2D eigenvalue weighted by Gasteiger charge is 2.18. The number of pyridine rings is 1. The first-order chi connectivity index (χ1) is 9.32. The summed E-state index contributed by atoms with van der Waals surface area (Å²) in [5.74, 6) is -2.15. The van der Waals surface area contributed by atoms with Crippen LogP contribution in [-0.4, -0.2) is 44.6 Å². The first-order valence-corrected chi connectivity index (χ1v) is 5.69. The van der Waals surface area contributed by atoms with Gasteiger partial charge in [-0.25, -0.2) is 9.78 Å². The van der Waals surface area contributed by atoms with Gasteiger partial charge in [0.1, 0.15) is 11.3 Å². The SMILES string of the molecule is O=C(NCC[C@H](O)C(=O)O)c1cc([N+](=O)[O-])cnc1Cl. The predicted octanol–water partition coefficient (Wildman–Crippen LogP) is 0.209. The average Bonchev–Trinajstić information content (AvgIpc) is 2.38. The fraction of sp³-hybridized carbons (Fsp3) is 0.300. The van der Waals surface area contributed by atoms with Gasteiger partial charge in [0.15, 0.2) is 6.10 Å². The average molecular weight is 304 g/mol. The van der Waals surface area contributed by atoms with E-state index in [0.29, 0.717) is 0 Å². The van der Waals surface area contributed by atoms with Gasteiger partial charge in [-0.1, -0.05) is 11.6 Å². The Balaban J connectivity index is 2.70. The molecule has 0 bridgehead atoms. The third-order valence-corrected chi connectivity index (χ3v) is 2.57. The highest BCUT2D eigenvalue weighted by Crippen LogP contribution is 2.18. The number of rotatable bonds is 6. The maximum atomic E-state index is 11.7. The van der Waals surface area contributed by atoms with Crippen molar-refractivity contribution in [2.75, 3.05) is 6.54 Å². The number of aromatic nitrogens is 1. The van der Waals surface area contributed by atoms with E-state index in [1.54, 1.807) is 0 Å². The van der Waals surface area contributed by atoms with E-state index in [4.69, 9.17) is 21.8 Å². The molecule has 108 valence electrons. The summed E-state index contributed by atoms with van der Waals surface area (Å²) < 4.78 is 0. The number of amides is 1. The van der Waals surface area contributed by atoms with Gasteiger partial charge in [-0.15, -0.1) is 0 Å². The number of halogens is 1. The number of carbonyl (C=O) groups is 2. The van der Waals surface area contributed by atoms with Crippen molar-refractivity contribution >= 4 is 29.2 Å². The molecule has 1 atom stereocenters. The van der Waals surface area contributed by atoms with Crippen molar-refractivity contribution in [3.63, 3.8) is 0 Å². The minimum atomic E-state index is -1.60. The largest absolute Gasteiger partial charge is 0.479 e. The van der Waals surface area contributed by atoms with Crippen molar-refractivity contribution in [3.05, 3.63) is 33.1 Å². The predicted molar refractivity (Wildman–Crippen MR) is 66.5 cm³/mol. The Morgan fingerprint density at radius 3 is 2.75 bits per heavy atom. The van der Waals surface area contributed by atoms with Crippen molar-refractivity contribution in [3.8, 4) is 0 Å². The van der Waals surface area contributed by atoms with E-state index in [1.807, 2.05) is 0 Å². The van der Waals surface area contributed by atoms with Gasteiger partial charge in [0.05, 0.1) is 10.5 Å². The van der Waals surface area contributed by atoms with Crippen molar-refractivity contribution in [1.29, 1.82) is 0 Å². The third-order valence-electron chi connectivity index (χ3n) is 2.27. The van der Waals surface area contributed by atoms with Crippen LogP contribution in [-0.2, 0) is 4.79 Å². The topological polar surface area (TPSA) is 143 Å². The molecule has 3 N–H and O–H groups in total. The van der Waals surface area contributed by atoms with E-state index in [1.165, 1.54) is 0 Å². The second-order valence-corrected chi connectivity index (χ2v) is 4.05. The van der Waals surface area contributed by atoms with Crippen LogP contribution < -0.4 is 5.32 Å². The molecule has 1 aromatic heterocycles. The molecule has 1 amide bonds. The van der Waals surface area contributed by atoms with E-state index in [9.17, 15) is 19.7 Å². The molecule has 0 unspecified atom stereocenters. The van der Waals surface area contributed by atoms with Crippen LogP contribution in [0.3, 0.4) is 0 Å². The molecule has 10 heteroatoms. The summed E-state index contributed by atoms with van der Waals surface area (Å²) in [6, 6.07) is 0.957.